The van der Waals surface area contributed by atoms with E-state index in [4.69, 9.17) is 5.73 Å². The zero-order valence-corrected chi connectivity index (χ0v) is 9.97. The van der Waals surface area contributed by atoms with E-state index in [2.05, 4.69) is 18.7 Å². The van der Waals surface area contributed by atoms with E-state index in [0.717, 1.165) is 19.6 Å². The van der Waals surface area contributed by atoms with Crippen molar-refractivity contribution < 1.29 is 4.79 Å². The van der Waals surface area contributed by atoms with Gasteiger partial charge < -0.3 is 10.6 Å². The Morgan fingerprint density at radius 2 is 1.93 bits per heavy atom. The third-order valence-electron chi connectivity index (χ3n) is 2.56. The van der Waals surface area contributed by atoms with Gasteiger partial charge in [0.2, 0.25) is 5.91 Å². The highest BCUT2D eigenvalue weighted by Gasteiger charge is 2.26. The molecule has 0 aromatic heterocycles. The summed E-state index contributed by atoms with van der Waals surface area (Å²) in [7, 11) is 0. The summed E-state index contributed by atoms with van der Waals surface area (Å²) in [6.45, 7) is 10.9. The molecule has 0 fully saturated rings. The van der Waals surface area contributed by atoms with Crippen molar-refractivity contribution in [2.45, 2.75) is 40.5 Å². The number of hydrogen-bond donors (Lipinski definition) is 1. The maximum absolute atomic E-state index is 11.1. The number of carbonyl (C=O) groups is 1. The van der Waals surface area contributed by atoms with E-state index in [1.165, 1.54) is 12.8 Å². The molecule has 84 valence electrons. The van der Waals surface area contributed by atoms with Gasteiger partial charge in [-0.25, -0.2) is 0 Å². The predicted molar refractivity (Wildman–Crippen MR) is 60.0 cm³/mol. The van der Waals surface area contributed by atoms with Crippen LogP contribution < -0.4 is 5.73 Å². The van der Waals surface area contributed by atoms with Crippen LogP contribution in [0.25, 0.3) is 0 Å². The van der Waals surface area contributed by atoms with E-state index in [-0.39, 0.29) is 5.91 Å². The van der Waals surface area contributed by atoms with Crippen LogP contribution in [0.15, 0.2) is 0 Å². The first-order chi connectivity index (χ1) is 6.44. The minimum absolute atomic E-state index is 0.215. The van der Waals surface area contributed by atoms with Gasteiger partial charge in [-0.1, -0.05) is 20.3 Å². The lowest BCUT2D eigenvalue weighted by molar-refractivity contribution is -0.126. The van der Waals surface area contributed by atoms with E-state index < -0.39 is 5.41 Å². The van der Waals surface area contributed by atoms with Crippen molar-refractivity contribution in [2.75, 3.05) is 19.6 Å². The van der Waals surface area contributed by atoms with Crippen LogP contribution >= 0.6 is 0 Å². The Balaban J connectivity index is 4.09. The minimum atomic E-state index is -0.413. The molecule has 0 bridgehead atoms. The SMILES string of the molecule is CCCCN(CC)CC(C)(C)C(N)=O. The van der Waals surface area contributed by atoms with Gasteiger partial charge in [0.05, 0.1) is 5.41 Å². The van der Waals surface area contributed by atoms with Crippen LogP contribution in [0, 0.1) is 5.41 Å². The summed E-state index contributed by atoms with van der Waals surface area (Å²) in [6, 6.07) is 0. The van der Waals surface area contributed by atoms with E-state index in [1.807, 2.05) is 13.8 Å². The monoisotopic (exact) mass is 200 g/mol. The molecular weight excluding hydrogens is 176 g/mol. The van der Waals surface area contributed by atoms with Crippen LogP contribution in [0.5, 0.6) is 0 Å². The van der Waals surface area contributed by atoms with Crippen molar-refractivity contribution in [3.63, 3.8) is 0 Å². The van der Waals surface area contributed by atoms with Gasteiger partial charge in [0.15, 0.2) is 0 Å². The first kappa shape index (κ1) is 13.4. The van der Waals surface area contributed by atoms with Crippen LogP contribution in [0.1, 0.15) is 40.5 Å². The summed E-state index contributed by atoms with van der Waals surface area (Å²) in [6.07, 6.45) is 2.37. The van der Waals surface area contributed by atoms with Gasteiger partial charge in [-0.15, -0.1) is 0 Å². The lowest BCUT2D eigenvalue weighted by Gasteiger charge is -2.29. The standard InChI is InChI=1S/C11H24N2O/c1-5-7-8-13(6-2)9-11(3,4)10(12)14/h5-9H2,1-4H3,(H2,12,14). The number of carbonyl (C=O) groups excluding carboxylic acids is 1. The molecule has 0 spiro atoms. The average Bonchev–Trinajstić information content (AvgIpc) is 2.11. The van der Waals surface area contributed by atoms with Gasteiger partial charge in [-0.3, -0.25) is 4.79 Å². The number of hydrogen-bond acceptors (Lipinski definition) is 2. The molecule has 0 saturated carbocycles. The molecule has 0 aliphatic carbocycles. The fraction of sp³-hybridized carbons (Fsp3) is 0.909. The summed E-state index contributed by atoms with van der Waals surface area (Å²) >= 11 is 0. The lowest BCUT2D eigenvalue weighted by atomic mass is 9.92. The van der Waals surface area contributed by atoms with Gasteiger partial charge in [0.25, 0.3) is 0 Å². The Morgan fingerprint density at radius 3 is 2.29 bits per heavy atom. The summed E-state index contributed by atoms with van der Waals surface area (Å²) < 4.78 is 0. The molecule has 0 aromatic rings. The Labute approximate surface area is 87.6 Å². The van der Waals surface area contributed by atoms with Crippen molar-refractivity contribution in [1.82, 2.24) is 4.90 Å². The second-order valence-electron chi connectivity index (χ2n) is 4.47. The van der Waals surface area contributed by atoms with E-state index >= 15 is 0 Å². The molecule has 0 rings (SSSR count). The predicted octanol–water partition coefficient (Wildman–Crippen LogP) is 1.62. The fourth-order valence-corrected chi connectivity index (χ4v) is 1.37. The molecule has 0 aliphatic rings. The largest absolute Gasteiger partial charge is 0.369 e. The molecule has 0 aliphatic heterocycles. The summed E-state index contributed by atoms with van der Waals surface area (Å²) in [5, 5.41) is 0. The van der Waals surface area contributed by atoms with Crippen LogP contribution in [0.4, 0.5) is 0 Å². The van der Waals surface area contributed by atoms with Crippen LogP contribution in [0.3, 0.4) is 0 Å². The maximum Gasteiger partial charge on any atom is 0.224 e. The number of nitrogens with zero attached hydrogens (tertiary/aromatic N) is 1. The molecule has 3 heteroatoms. The van der Waals surface area contributed by atoms with Gasteiger partial charge in [-0.2, -0.15) is 0 Å². The number of primary amides is 1. The summed E-state index contributed by atoms with van der Waals surface area (Å²) in [4.78, 5) is 13.4. The first-order valence-electron chi connectivity index (χ1n) is 5.46. The molecule has 0 radical (unpaired) electrons. The number of rotatable bonds is 7. The molecule has 1 amide bonds. The molecule has 0 aromatic carbocycles. The van der Waals surface area contributed by atoms with Crippen molar-refractivity contribution in [2.24, 2.45) is 11.1 Å². The molecule has 3 nitrogen and oxygen atoms in total. The van der Waals surface area contributed by atoms with E-state index in [9.17, 15) is 4.79 Å². The molecule has 0 heterocycles. The number of amides is 1. The molecule has 0 atom stereocenters. The molecule has 0 unspecified atom stereocenters. The quantitative estimate of drug-likeness (QED) is 0.679. The third-order valence-corrected chi connectivity index (χ3v) is 2.56. The Bertz CT molecular complexity index is 178. The van der Waals surface area contributed by atoms with Gasteiger partial charge in [-0.05, 0) is 33.4 Å². The Morgan fingerprint density at radius 1 is 1.36 bits per heavy atom. The highest BCUT2D eigenvalue weighted by molar-refractivity contribution is 5.80. The Hall–Kier alpha value is -0.570. The normalized spacial score (nSPS) is 12.1. The average molecular weight is 200 g/mol. The van der Waals surface area contributed by atoms with Crippen LogP contribution in [0.2, 0.25) is 0 Å². The zero-order chi connectivity index (χ0) is 11.2. The van der Waals surface area contributed by atoms with Crippen molar-refractivity contribution in [3.05, 3.63) is 0 Å². The van der Waals surface area contributed by atoms with Gasteiger partial charge in [0, 0.05) is 6.54 Å². The van der Waals surface area contributed by atoms with Crippen molar-refractivity contribution in [1.29, 1.82) is 0 Å². The third kappa shape index (κ3) is 4.61. The highest BCUT2D eigenvalue weighted by atomic mass is 16.1. The van der Waals surface area contributed by atoms with E-state index in [1.54, 1.807) is 0 Å². The van der Waals surface area contributed by atoms with Gasteiger partial charge in [0.1, 0.15) is 0 Å². The molecule has 2 N–H and O–H groups in total. The summed E-state index contributed by atoms with van der Waals surface area (Å²) in [5.41, 5.74) is 4.92. The molecule has 14 heavy (non-hydrogen) atoms. The fourth-order valence-electron chi connectivity index (χ4n) is 1.37. The second kappa shape index (κ2) is 6.02. The van der Waals surface area contributed by atoms with Crippen LogP contribution in [-0.2, 0) is 4.79 Å². The minimum Gasteiger partial charge on any atom is -0.369 e. The second-order valence-corrected chi connectivity index (χ2v) is 4.47. The maximum atomic E-state index is 11.1. The van der Waals surface area contributed by atoms with Crippen molar-refractivity contribution >= 4 is 5.91 Å². The van der Waals surface area contributed by atoms with E-state index in [0.29, 0.717) is 0 Å². The summed E-state index contributed by atoms with van der Waals surface area (Å²) in [5.74, 6) is -0.215. The number of nitrogens with two attached hydrogens (primary N) is 1. The smallest absolute Gasteiger partial charge is 0.224 e. The lowest BCUT2D eigenvalue weighted by Crippen LogP contribution is -2.42. The molecular formula is C11H24N2O. The van der Waals surface area contributed by atoms with Gasteiger partial charge >= 0.3 is 0 Å². The first-order valence-corrected chi connectivity index (χ1v) is 5.46. The zero-order valence-electron chi connectivity index (χ0n) is 9.97. The van der Waals surface area contributed by atoms with Crippen LogP contribution in [-0.4, -0.2) is 30.4 Å². The highest BCUT2D eigenvalue weighted by Crippen LogP contribution is 2.16. The number of unbranched alkanes of at least 4 members (excludes halogenated alkanes) is 1. The topological polar surface area (TPSA) is 46.3 Å². The Kier molecular flexibility index (Phi) is 5.77. The molecule has 0 saturated heterocycles. The van der Waals surface area contributed by atoms with Crippen molar-refractivity contribution in [3.8, 4) is 0 Å².